The fourth-order valence-electron chi connectivity index (χ4n) is 3.74. The molecule has 0 spiro atoms. The van der Waals surface area contributed by atoms with E-state index in [1.165, 1.54) is 18.0 Å². The summed E-state index contributed by atoms with van der Waals surface area (Å²) in [4.78, 5) is 30.5. The smallest absolute Gasteiger partial charge is 0.282 e. The third kappa shape index (κ3) is 6.42. The fourth-order valence-corrected chi connectivity index (χ4v) is 4.10. The number of carbonyl (C=O) groups excluding carboxylic acids is 1. The van der Waals surface area contributed by atoms with E-state index in [0.717, 1.165) is 17.3 Å². The van der Waals surface area contributed by atoms with Gasteiger partial charge in [0.2, 0.25) is 0 Å². The summed E-state index contributed by atoms with van der Waals surface area (Å²) >= 11 is 3.42. The van der Waals surface area contributed by atoms with Crippen LogP contribution < -0.4 is 20.3 Å². The van der Waals surface area contributed by atoms with Crippen LogP contribution >= 0.6 is 15.9 Å². The number of para-hydroxylation sites is 2. The Morgan fingerprint density at radius 3 is 2.70 bits per heavy atom. The summed E-state index contributed by atoms with van der Waals surface area (Å²) in [6.45, 7) is 1.85. The highest BCUT2D eigenvalue weighted by molar-refractivity contribution is 9.10. The Morgan fingerprint density at radius 1 is 1.14 bits per heavy atom. The highest BCUT2D eigenvalue weighted by atomic mass is 79.9. The van der Waals surface area contributed by atoms with Crippen LogP contribution in [0, 0.1) is 0 Å². The Bertz CT molecular complexity index is 1490. The second-order valence-corrected chi connectivity index (χ2v) is 9.15. The lowest BCUT2D eigenvalue weighted by atomic mass is 10.2. The van der Waals surface area contributed by atoms with Gasteiger partial charge in [-0.1, -0.05) is 53.5 Å². The van der Waals surface area contributed by atoms with Crippen LogP contribution in [0.25, 0.3) is 10.9 Å². The average molecular weight is 563 g/mol. The maximum atomic E-state index is 13.4. The predicted octanol–water partition coefficient (Wildman–Crippen LogP) is 5.41. The molecular weight excluding hydrogens is 536 g/mol. The van der Waals surface area contributed by atoms with E-state index in [9.17, 15) is 9.59 Å². The van der Waals surface area contributed by atoms with Gasteiger partial charge in [0.25, 0.3) is 11.5 Å². The monoisotopic (exact) mass is 562 g/mol. The number of fused-ring (bicyclic) bond motifs is 1. The molecule has 0 bridgehead atoms. The number of nitrogens with zero attached hydrogens (tertiary/aromatic N) is 3. The van der Waals surface area contributed by atoms with Crippen LogP contribution in [0.5, 0.6) is 11.5 Å². The molecule has 0 aliphatic carbocycles. The van der Waals surface area contributed by atoms with Gasteiger partial charge in [0.15, 0.2) is 18.1 Å². The summed E-state index contributed by atoms with van der Waals surface area (Å²) in [6, 6.07) is 19.8. The quantitative estimate of drug-likeness (QED) is 0.261. The largest absolute Gasteiger partial charge is 0.493 e. The standard InChI is InChI=1S/C28H27BrN4O4/c1-3-4-13-25-32-23-15-14-20(29)16-22(23)28(35)33(25)30-17-19-9-8-12-24(36-2)27(19)37-18-26(34)31-21-10-6-5-7-11-21/h5-12,14-17H,3-4,13,18H2,1-2H3,(H,31,34). The number of rotatable bonds is 10. The summed E-state index contributed by atoms with van der Waals surface area (Å²) in [7, 11) is 1.52. The molecule has 0 saturated carbocycles. The molecule has 0 radical (unpaired) electrons. The number of anilines is 1. The minimum Gasteiger partial charge on any atom is -0.493 e. The van der Waals surface area contributed by atoms with Crippen molar-refractivity contribution in [2.45, 2.75) is 26.2 Å². The maximum Gasteiger partial charge on any atom is 0.282 e. The van der Waals surface area contributed by atoms with Crippen molar-refractivity contribution < 1.29 is 14.3 Å². The van der Waals surface area contributed by atoms with Crippen LogP contribution in [0.4, 0.5) is 5.69 Å². The van der Waals surface area contributed by atoms with Crippen molar-refractivity contribution in [1.82, 2.24) is 9.66 Å². The molecule has 1 amide bonds. The molecule has 0 unspecified atom stereocenters. The van der Waals surface area contributed by atoms with Gasteiger partial charge in [-0.3, -0.25) is 9.59 Å². The van der Waals surface area contributed by atoms with Gasteiger partial charge in [-0.15, -0.1) is 0 Å². The van der Waals surface area contributed by atoms with Gasteiger partial charge < -0.3 is 14.8 Å². The SMILES string of the molecule is CCCCc1nc2ccc(Br)cc2c(=O)n1N=Cc1cccc(OC)c1OCC(=O)Nc1ccccc1. The van der Waals surface area contributed by atoms with Crippen LogP contribution in [0.15, 0.2) is 81.1 Å². The van der Waals surface area contributed by atoms with Crippen molar-refractivity contribution in [2.24, 2.45) is 5.10 Å². The van der Waals surface area contributed by atoms with Gasteiger partial charge >= 0.3 is 0 Å². The first-order valence-electron chi connectivity index (χ1n) is 11.9. The molecule has 8 nitrogen and oxygen atoms in total. The molecule has 37 heavy (non-hydrogen) atoms. The fraction of sp³-hybridized carbons (Fsp3) is 0.214. The number of hydrogen-bond acceptors (Lipinski definition) is 6. The lowest BCUT2D eigenvalue weighted by molar-refractivity contribution is -0.118. The van der Waals surface area contributed by atoms with E-state index in [1.54, 1.807) is 36.4 Å². The zero-order valence-corrected chi connectivity index (χ0v) is 22.2. The Labute approximate surface area is 223 Å². The Morgan fingerprint density at radius 2 is 1.95 bits per heavy atom. The van der Waals surface area contributed by atoms with E-state index in [2.05, 4.69) is 33.3 Å². The zero-order valence-electron chi connectivity index (χ0n) is 20.6. The molecule has 0 fully saturated rings. The number of carbonyl (C=O) groups is 1. The average Bonchev–Trinajstić information content (AvgIpc) is 2.91. The number of ether oxygens (including phenoxy) is 2. The Kier molecular flexibility index (Phi) is 8.68. The Hall–Kier alpha value is -3.98. The summed E-state index contributed by atoms with van der Waals surface area (Å²) in [6.07, 6.45) is 3.95. The van der Waals surface area contributed by atoms with Crippen LogP contribution in [-0.2, 0) is 11.2 Å². The molecule has 0 aliphatic heterocycles. The van der Waals surface area contributed by atoms with Crippen molar-refractivity contribution in [1.29, 1.82) is 0 Å². The van der Waals surface area contributed by atoms with Crippen molar-refractivity contribution >= 4 is 44.6 Å². The zero-order chi connectivity index (χ0) is 26.2. The number of aromatic nitrogens is 2. The van der Waals surface area contributed by atoms with Gasteiger partial charge in [0, 0.05) is 22.1 Å². The second kappa shape index (κ2) is 12.3. The minimum absolute atomic E-state index is 0.233. The topological polar surface area (TPSA) is 94.8 Å². The minimum atomic E-state index is -0.317. The molecule has 1 aromatic heterocycles. The number of methoxy groups -OCH3 is 1. The van der Waals surface area contributed by atoms with E-state index in [0.29, 0.717) is 45.9 Å². The van der Waals surface area contributed by atoms with Crippen molar-refractivity contribution in [3.8, 4) is 11.5 Å². The van der Waals surface area contributed by atoms with E-state index in [4.69, 9.17) is 14.5 Å². The molecule has 1 N–H and O–H groups in total. The molecule has 3 aromatic carbocycles. The predicted molar refractivity (Wildman–Crippen MR) is 149 cm³/mol. The number of benzene rings is 3. The molecule has 0 saturated heterocycles. The van der Waals surface area contributed by atoms with Crippen LogP contribution in [0.2, 0.25) is 0 Å². The summed E-state index contributed by atoms with van der Waals surface area (Å²) in [5.74, 6) is 1.04. The third-order valence-corrected chi connectivity index (χ3v) is 6.07. The first-order chi connectivity index (χ1) is 18.0. The molecule has 190 valence electrons. The van der Waals surface area contributed by atoms with Gasteiger partial charge in [0.1, 0.15) is 5.82 Å². The van der Waals surface area contributed by atoms with Gasteiger partial charge in [0.05, 0.1) is 24.2 Å². The highest BCUT2D eigenvalue weighted by Gasteiger charge is 2.14. The molecule has 4 aromatic rings. The highest BCUT2D eigenvalue weighted by Crippen LogP contribution is 2.30. The van der Waals surface area contributed by atoms with Crippen LogP contribution in [0.3, 0.4) is 0 Å². The third-order valence-electron chi connectivity index (χ3n) is 5.58. The molecule has 1 heterocycles. The molecule has 0 aliphatic rings. The van der Waals surface area contributed by atoms with Crippen molar-refractivity contribution in [3.05, 3.63) is 92.9 Å². The molecule has 9 heteroatoms. The number of hydrogen-bond donors (Lipinski definition) is 1. The Balaban J connectivity index is 1.66. The van der Waals surface area contributed by atoms with Crippen LogP contribution in [0.1, 0.15) is 31.2 Å². The molecule has 0 atom stereocenters. The lowest BCUT2D eigenvalue weighted by Gasteiger charge is -2.13. The first kappa shape index (κ1) is 26.1. The van der Waals surface area contributed by atoms with Gasteiger partial charge in [-0.25, -0.2) is 4.98 Å². The lowest BCUT2D eigenvalue weighted by Crippen LogP contribution is -2.23. The second-order valence-electron chi connectivity index (χ2n) is 8.24. The van der Waals surface area contributed by atoms with Gasteiger partial charge in [-0.05, 0) is 48.9 Å². The summed E-state index contributed by atoms with van der Waals surface area (Å²) < 4.78 is 13.4. The van der Waals surface area contributed by atoms with E-state index < -0.39 is 0 Å². The normalized spacial score (nSPS) is 11.1. The number of nitrogens with one attached hydrogen (secondary N) is 1. The molecular formula is C28H27BrN4O4. The van der Waals surface area contributed by atoms with Crippen molar-refractivity contribution in [3.63, 3.8) is 0 Å². The summed E-state index contributed by atoms with van der Waals surface area (Å²) in [5, 5.41) is 7.76. The first-order valence-corrected chi connectivity index (χ1v) is 12.7. The molecule has 4 rings (SSSR count). The van der Waals surface area contributed by atoms with Gasteiger partial charge in [-0.2, -0.15) is 9.78 Å². The number of halogens is 1. The number of aryl methyl sites for hydroxylation is 1. The summed E-state index contributed by atoms with van der Waals surface area (Å²) in [5.41, 5.74) is 1.59. The number of amides is 1. The number of unbranched alkanes of at least 4 members (excludes halogenated alkanes) is 1. The maximum absolute atomic E-state index is 13.4. The van der Waals surface area contributed by atoms with E-state index in [-0.39, 0.29) is 18.1 Å². The van der Waals surface area contributed by atoms with E-state index in [1.807, 2.05) is 30.3 Å². The van der Waals surface area contributed by atoms with Crippen LogP contribution in [-0.4, -0.2) is 35.5 Å². The van der Waals surface area contributed by atoms with E-state index >= 15 is 0 Å². The van der Waals surface area contributed by atoms with Crippen molar-refractivity contribution in [2.75, 3.05) is 19.0 Å².